The first-order valence-corrected chi connectivity index (χ1v) is 6.60. The summed E-state index contributed by atoms with van der Waals surface area (Å²) in [6.45, 7) is 0. The number of amides is 2. The van der Waals surface area contributed by atoms with Crippen LogP contribution in [0.2, 0.25) is 0 Å². The van der Waals surface area contributed by atoms with E-state index < -0.39 is 16.7 Å². The second kappa shape index (κ2) is 6.99. The number of primary amides is 1. The van der Waals surface area contributed by atoms with Crippen molar-refractivity contribution in [3.8, 4) is 0 Å². The summed E-state index contributed by atoms with van der Waals surface area (Å²) in [7, 11) is 0. The van der Waals surface area contributed by atoms with Gasteiger partial charge in [0.25, 0.3) is 17.5 Å². The molecule has 2 aromatic rings. The van der Waals surface area contributed by atoms with Gasteiger partial charge in [0, 0.05) is 17.7 Å². The van der Waals surface area contributed by atoms with Crippen LogP contribution in [0.15, 0.2) is 60.3 Å². The molecule has 0 spiro atoms. The molecule has 7 nitrogen and oxygen atoms in total. The molecule has 3 N–H and O–H groups in total. The van der Waals surface area contributed by atoms with Crippen molar-refractivity contribution < 1.29 is 14.5 Å². The van der Waals surface area contributed by atoms with Crippen LogP contribution in [-0.2, 0) is 4.79 Å². The summed E-state index contributed by atoms with van der Waals surface area (Å²) in [6.07, 6.45) is 1.29. The highest BCUT2D eigenvalue weighted by atomic mass is 16.6. The molecule has 0 atom stereocenters. The number of carbonyl (C=O) groups excluding carboxylic acids is 2. The zero-order chi connectivity index (χ0) is 16.8. The summed E-state index contributed by atoms with van der Waals surface area (Å²) in [4.78, 5) is 33.8. The number of nitro benzene ring substituents is 1. The molecule has 0 radical (unpaired) electrons. The number of hydrogen-bond donors (Lipinski definition) is 2. The Hall–Kier alpha value is -3.48. The molecule has 23 heavy (non-hydrogen) atoms. The molecule has 0 bridgehead atoms. The van der Waals surface area contributed by atoms with Crippen LogP contribution in [0.1, 0.15) is 15.9 Å². The van der Waals surface area contributed by atoms with Gasteiger partial charge in [-0.1, -0.05) is 30.3 Å². The predicted octanol–water partition coefficient (Wildman–Crippen LogP) is 1.85. The van der Waals surface area contributed by atoms with E-state index in [0.29, 0.717) is 11.1 Å². The van der Waals surface area contributed by atoms with Crippen molar-refractivity contribution in [1.82, 2.24) is 5.32 Å². The van der Waals surface area contributed by atoms with Crippen LogP contribution in [0, 0.1) is 10.1 Å². The van der Waals surface area contributed by atoms with Gasteiger partial charge in [0.05, 0.1) is 4.92 Å². The lowest BCUT2D eigenvalue weighted by Gasteiger charge is -2.07. The van der Waals surface area contributed by atoms with Crippen molar-refractivity contribution in [3.63, 3.8) is 0 Å². The number of rotatable bonds is 5. The van der Waals surface area contributed by atoms with Crippen LogP contribution < -0.4 is 11.1 Å². The normalized spacial score (nSPS) is 10.9. The first-order valence-electron chi connectivity index (χ1n) is 6.60. The Bertz CT molecular complexity index is 785. The second-order valence-corrected chi connectivity index (χ2v) is 4.59. The van der Waals surface area contributed by atoms with Gasteiger partial charge in [0.2, 0.25) is 0 Å². The molecule has 2 amide bonds. The molecule has 0 aromatic heterocycles. The summed E-state index contributed by atoms with van der Waals surface area (Å²) in [6, 6.07) is 13.9. The van der Waals surface area contributed by atoms with Crippen molar-refractivity contribution in [1.29, 1.82) is 0 Å². The van der Waals surface area contributed by atoms with Crippen molar-refractivity contribution in [2.75, 3.05) is 0 Å². The zero-order valence-electron chi connectivity index (χ0n) is 11.9. The van der Waals surface area contributed by atoms with E-state index in [9.17, 15) is 19.7 Å². The second-order valence-electron chi connectivity index (χ2n) is 4.59. The molecule has 0 unspecified atom stereocenters. The van der Waals surface area contributed by atoms with E-state index in [0.717, 1.165) is 0 Å². The lowest BCUT2D eigenvalue weighted by atomic mass is 10.1. The molecule has 0 heterocycles. The molecule has 0 fully saturated rings. The van der Waals surface area contributed by atoms with Crippen LogP contribution in [-0.4, -0.2) is 16.7 Å². The van der Waals surface area contributed by atoms with Gasteiger partial charge in [0.1, 0.15) is 5.70 Å². The smallest absolute Gasteiger partial charge is 0.270 e. The number of hydrogen-bond acceptors (Lipinski definition) is 4. The highest BCUT2D eigenvalue weighted by molar-refractivity contribution is 6.04. The summed E-state index contributed by atoms with van der Waals surface area (Å²) in [5, 5.41) is 13.2. The summed E-state index contributed by atoms with van der Waals surface area (Å²) in [5.74, 6) is -1.35. The van der Waals surface area contributed by atoms with Crippen LogP contribution in [0.25, 0.3) is 6.08 Å². The number of carbonyl (C=O) groups is 2. The molecule has 7 heteroatoms. The van der Waals surface area contributed by atoms with Gasteiger partial charge in [-0.25, -0.2) is 0 Å². The van der Waals surface area contributed by atoms with E-state index >= 15 is 0 Å². The van der Waals surface area contributed by atoms with Crippen molar-refractivity contribution in [3.05, 3.63) is 81.5 Å². The summed E-state index contributed by atoms with van der Waals surface area (Å²) < 4.78 is 0. The van der Waals surface area contributed by atoms with E-state index in [4.69, 9.17) is 5.73 Å². The van der Waals surface area contributed by atoms with E-state index in [1.165, 1.54) is 24.3 Å². The minimum atomic E-state index is -0.846. The maximum Gasteiger partial charge on any atom is 0.270 e. The maximum absolute atomic E-state index is 12.1. The van der Waals surface area contributed by atoms with Gasteiger partial charge in [-0.15, -0.1) is 0 Å². The van der Waals surface area contributed by atoms with Crippen LogP contribution >= 0.6 is 0 Å². The fourth-order valence-electron chi connectivity index (χ4n) is 1.85. The quantitative estimate of drug-likeness (QED) is 0.498. The Morgan fingerprint density at radius 2 is 1.78 bits per heavy atom. The Balaban J connectivity index is 2.28. The molecule has 0 aliphatic rings. The average molecular weight is 311 g/mol. The van der Waals surface area contributed by atoms with Crippen LogP contribution in [0.4, 0.5) is 5.69 Å². The van der Waals surface area contributed by atoms with E-state index in [1.807, 2.05) is 0 Å². The fourth-order valence-corrected chi connectivity index (χ4v) is 1.85. The van der Waals surface area contributed by atoms with Crippen LogP contribution in [0.5, 0.6) is 0 Å². The molecule has 0 saturated carbocycles. The van der Waals surface area contributed by atoms with Crippen LogP contribution in [0.3, 0.4) is 0 Å². The topological polar surface area (TPSA) is 115 Å². The van der Waals surface area contributed by atoms with Crippen molar-refractivity contribution >= 4 is 23.6 Å². The third-order valence-corrected chi connectivity index (χ3v) is 2.94. The van der Waals surface area contributed by atoms with Gasteiger partial charge in [0.15, 0.2) is 0 Å². The molecule has 2 rings (SSSR count). The van der Waals surface area contributed by atoms with Gasteiger partial charge in [-0.05, 0) is 23.8 Å². The number of nitrogens with zero attached hydrogens (tertiary/aromatic N) is 1. The molecule has 0 saturated heterocycles. The molecule has 116 valence electrons. The molecular formula is C16H13N3O4. The maximum atomic E-state index is 12.1. The zero-order valence-corrected chi connectivity index (χ0v) is 11.9. The number of nitro groups is 1. The Labute approximate surface area is 131 Å². The average Bonchev–Trinajstić information content (AvgIpc) is 2.55. The number of non-ortho nitro benzene ring substituents is 1. The SMILES string of the molecule is NC(=O)/C(=C/c1cccc([N+](=O)[O-])c1)NC(=O)c1ccccc1. The van der Waals surface area contributed by atoms with E-state index in [2.05, 4.69) is 5.32 Å². The molecule has 2 aromatic carbocycles. The Morgan fingerprint density at radius 1 is 1.09 bits per heavy atom. The van der Waals surface area contributed by atoms with Gasteiger partial charge in [-0.3, -0.25) is 19.7 Å². The summed E-state index contributed by atoms with van der Waals surface area (Å²) in [5.41, 5.74) is 5.71. The highest BCUT2D eigenvalue weighted by Crippen LogP contribution is 2.15. The third-order valence-electron chi connectivity index (χ3n) is 2.94. The van der Waals surface area contributed by atoms with Crippen molar-refractivity contribution in [2.45, 2.75) is 0 Å². The fraction of sp³-hybridized carbons (Fsp3) is 0. The predicted molar refractivity (Wildman–Crippen MR) is 84.2 cm³/mol. The number of nitrogens with two attached hydrogens (primary N) is 1. The standard InChI is InChI=1S/C16H13N3O4/c17-15(20)14(18-16(21)12-6-2-1-3-7-12)10-11-5-4-8-13(9-11)19(22)23/h1-10H,(H2,17,20)(H,18,21)/b14-10-. The lowest BCUT2D eigenvalue weighted by molar-refractivity contribution is -0.384. The van der Waals surface area contributed by atoms with E-state index in [1.54, 1.807) is 36.4 Å². The van der Waals surface area contributed by atoms with Gasteiger partial charge in [-0.2, -0.15) is 0 Å². The minimum Gasteiger partial charge on any atom is -0.364 e. The summed E-state index contributed by atoms with van der Waals surface area (Å²) >= 11 is 0. The monoisotopic (exact) mass is 311 g/mol. The van der Waals surface area contributed by atoms with E-state index in [-0.39, 0.29) is 11.4 Å². The molecule has 0 aliphatic heterocycles. The molecule has 0 aliphatic carbocycles. The Morgan fingerprint density at radius 3 is 2.39 bits per heavy atom. The minimum absolute atomic E-state index is 0.128. The first-order chi connectivity index (χ1) is 11.0. The highest BCUT2D eigenvalue weighted by Gasteiger charge is 2.12. The van der Waals surface area contributed by atoms with Gasteiger partial charge < -0.3 is 11.1 Å². The van der Waals surface area contributed by atoms with Crippen molar-refractivity contribution in [2.24, 2.45) is 5.73 Å². The number of nitrogens with one attached hydrogen (secondary N) is 1. The largest absolute Gasteiger partial charge is 0.364 e. The molecular weight excluding hydrogens is 298 g/mol. The lowest BCUT2D eigenvalue weighted by Crippen LogP contribution is -2.31. The van der Waals surface area contributed by atoms with Gasteiger partial charge >= 0.3 is 0 Å². The Kier molecular flexibility index (Phi) is 4.83. The number of benzene rings is 2. The third kappa shape index (κ3) is 4.24. The first kappa shape index (κ1) is 15.9.